The highest BCUT2D eigenvalue weighted by Crippen LogP contribution is 2.19. The fourth-order valence-electron chi connectivity index (χ4n) is 2.23. The van der Waals surface area contributed by atoms with E-state index in [4.69, 9.17) is 10.5 Å². The highest BCUT2D eigenvalue weighted by atomic mass is 35.5. The van der Waals surface area contributed by atoms with E-state index in [9.17, 15) is 4.79 Å². The van der Waals surface area contributed by atoms with E-state index in [1.54, 1.807) is 12.1 Å². The molecule has 126 valence electrons. The van der Waals surface area contributed by atoms with E-state index < -0.39 is 0 Å². The monoisotopic (exact) mass is 327 g/mol. The molecule has 2 N–H and O–H groups in total. The average molecular weight is 328 g/mol. The van der Waals surface area contributed by atoms with Gasteiger partial charge in [0.1, 0.15) is 0 Å². The average Bonchev–Trinajstić information content (AvgIpc) is 2.42. The molecule has 0 saturated heterocycles. The Morgan fingerprint density at radius 3 is 2.09 bits per heavy atom. The molecule has 3 nitrogen and oxygen atoms in total. The van der Waals surface area contributed by atoms with E-state index in [0.717, 1.165) is 24.3 Å². The number of unbranched alkanes of at least 4 members (excludes halogenated alkanes) is 1. The molecule has 1 aromatic carbocycles. The van der Waals surface area contributed by atoms with Crippen LogP contribution in [-0.4, -0.2) is 12.1 Å². The van der Waals surface area contributed by atoms with Crippen LogP contribution in [0.3, 0.4) is 0 Å². The summed E-state index contributed by atoms with van der Waals surface area (Å²) in [7, 11) is 0. The van der Waals surface area contributed by atoms with Gasteiger partial charge in [-0.15, -0.1) is 12.4 Å². The van der Waals surface area contributed by atoms with Crippen LogP contribution in [-0.2, 0) is 4.74 Å². The molecule has 0 spiro atoms. The van der Waals surface area contributed by atoms with Crippen LogP contribution in [0.25, 0.3) is 0 Å². The van der Waals surface area contributed by atoms with Gasteiger partial charge in [0, 0.05) is 6.04 Å². The summed E-state index contributed by atoms with van der Waals surface area (Å²) >= 11 is 0. The molecule has 0 aliphatic heterocycles. The summed E-state index contributed by atoms with van der Waals surface area (Å²) in [6.07, 6.45) is 4.52. The number of esters is 1. The summed E-state index contributed by atoms with van der Waals surface area (Å²) in [4.78, 5) is 11.8. The molecule has 0 aromatic heterocycles. The lowest BCUT2D eigenvalue weighted by molar-refractivity contribution is 0.0378. The second kappa shape index (κ2) is 10.6. The van der Waals surface area contributed by atoms with Crippen LogP contribution in [0.5, 0.6) is 0 Å². The summed E-state index contributed by atoms with van der Waals surface area (Å²) in [5.41, 5.74) is 7.87. The van der Waals surface area contributed by atoms with E-state index in [0.29, 0.717) is 5.56 Å². The van der Waals surface area contributed by atoms with Crippen molar-refractivity contribution in [3.8, 4) is 0 Å². The number of carbonyl (C=O) groups is 1. The van der Waals surface area contributed by atoms with Crippen molar-refractivity contribution in [2.24, 2.45) is 11.7 Å². The predicted molar refractivity (Wildman–Crippen MR) is 94.5 cm³/mol. The van der Waals surface area contributed by atoms with Crippen molar-refractivity contribution in [3.63, 3.8) is 0 Å². The first-order valence-electron chi connectivity index (χ1n) is 7.96. The second-order valence-electron chi connectivity index (χ2n) is 6.36. The van der Waals surface area contributed by atoms with E-state index in [1.807, 2.05) is 26.0 Å². The number of halogens is 1. The third-order valence-corrected chi connectivity index (χ3v) is 3.46. The summed E-state index contributed by atoms with van der Waals surface area (Å²) in [5, 5.41) is 0. The fraction of sp³-hybridized carbons (Fsp3) is 0.611. The summed E-state index contributed by atoms with van der Waals surface area (Å²) in [6.45, 7) is 8.18. The molecule has 1 unspecified atom stereocenters. The molecular formula is C18H30ClNO2. The first-order chi connectivity index (χ1) is 9.90. The molecule has 0 amide bonds. The Balaban J connectivity index is 0.00000441. The van der Waals surface area contributed by atoms with E-state index in [2.05, 4.69) is 13.8 Å². The molecule has 0 aliphatic rings. The lowest BCUT2D eigenvalue weighted by Crippen LogP contribution is -2.13. The molecule has 1 atom stereocenters. The van der Waals surface area contributed by atoms with Crippen LogP contribution in [0.2, 0.25) is 0 Å². The standard InChI is InChI=1S/C18H29NO2.ClH/c1-13(2)7-5-6-8-17(19)15-9-11-16(12-10-15)18(20)21-14(3)4;/h9-14,17H,5-8,19H2,1-4H3;1H. The van der Waals surface area contributed by atoms with Gasteiger partial charge in [0.2, 0.25) is 0 Å². The number of benzene rings is 1. The number of ether oxygens (including phenoxy) is 1. The normalized spacial score (nSPS) is 12.1. The molecule has 1 rings (SSSR count). The lowest BCUT2D eigenvalue weighted by Gasteiger charge is -2.13. The van der Waals surface area contributed by atoms with Gasteiger partial charge in [-0.25, -0.2) is 4.79 Å². The predicted octanol–water partition coefficient (Wildman–Crippen LogP) is 4.89. The van der Waals surface area contributed by atoms with Gasteiger partial charge in [-0.3, -0.25) is 0 Å². The minimum absolute atomic E-state index is 0. The number of carbonyl (C=O) groups excluding carboxylic acids is 1. The number of hydrogen-bond donors (Lipinski definition) is 1. The van der Waals surface area contributed by atoms with E-state index in [1.165, 1.54) is 12.8 Å². The van der Waals surface area contributed by atoms with Crippen molar-refractivity contribution in [3.05, 3.63) is 35.4 Å². The lowest BCUT2D eigenvalue weighted by atomic mass is 9.98. The molecule has 0 heterocycles. The molecule has 0 aliphatic carbocycles. The molecule has 0 bridgehead atoms. The zero-order valence-electron chi connectivity index (χ0n) is 14.2. The molecule has 22 heavy (non-hydrogen) atoms. The van der Waals surface area contributed by atoms with Crippen molar-refractivity contribution >= 4 is 18.4 Å². The topological polar surface area (TPSA) is 52.3 Å². The molecule has 4 heteroatoms. The van der Waals surface area contributed by atoms with Gasteiger partial charge >= 0.3 is 5.97 Å². The highest BCUT2D eigenvalue weighted by molar-refractivity contribution is 5.89. The Hall–Kier alpha value is -1.06. The zero-order valence-corrected chi connectivity index (χ0v) is 15.0. The molecule has 0 radical (unpaired) electrons. The zero-order chi connectivity index (χ0) is 15.8. The Bertz CT molecular complexity index is 429. The summed E-state index contributed by atoms with van der Waals surface area (Å²) in [5.74, 6) is 0.481. The first-order valence-corrected chi connectivity index (χ1v) is 7.96. The largest absolute Gasteiger partial charge is 0.459 e. The molecule has 0 fully saturated rings. The summed E-state index contributed by atoms with van der Waals surface area (Å²) in [6, 6.07) is 7.52. The Morgan fingerprint density at radius 2 is 1.59 bits per heavy atom. The van der Waals surface area contributed by atoms with Gasteiger partial charge in [0.25, 0.3) is 0 Å². The van der Waals surface area contributed by atoms with Crippen molar-refractivity contribution < 1.29 is 9.53 Å². The van der Waals surface area contributed by atoms with E-state index in [-0.39, 0.29) is 30.5 Å². The number of nitrogens with two attached hydrogens (primary N) is 1. The van der Waals surface area contributed by atoms with Gasteiger partial charge in [-0.05, 0) is 43.9 Å². The van der Waals surface area contributed by atoms with Crippen molar-refractivity contribution in [1.29, 1.82) is 0 Å². The van der Waals surface area contributed by atoms with E-state index >= 15 is 0 Å². The second-order valence-corrected chi connectivity index (χ2v) is 6.36. The van der Waals surface area contributed by atoms with Gasteiger partial charge in [-0.2, -0.15) is 0 Å². The Kier molecular flexibility index (Phi) is 10.1. The highest BCUT2D eigenvalue weighted by Gasteiger charge is 2.11. The first kappa shape index (κ1) is 20.9. The minimum Gasteiger partial charge on any atom is -0.459 e. The minimum atomic E-state index is -0.276. The van der Waals surface area contributed by atoms with Crippen LogP contribution in [0.15, 0.2) is 24.3 Å². The van der Waals surface area contributed by atoms with Gasteiger partial charge in [0.05, 0.1) is 11.7 Å². The maximum atomic E-state index is 11.8. The van der Waals surface area contributed by atoms with Crippen LogP contribution in [0.4, 0.5) is 0 Å². The SMILES string of the molecule is CC(C)CCCCC(N)c1ccc(C(=O)OC(C)C)cc1.Cl. The van der Waals surface area contributed by atoms with Crippen LogP contribution >= 0.6 is 12.4 Å². The van der Waals surface area contributed by atoms with Gasteiger partial charge < -0.3 is 10.5 Å². The third-order valence-electron chi connectivity index (χ3n) is 3.46. The van der Waals surface area contributed by atoms with Crippen molar-refractivity contribution in [2.75, 3.05) is 0 Å². The number of hydrogen-bond acceptors (Lipinski definition) is 3. The molecular weight excluding hydrogens is 298 g/mol. The van der Waals surface area contributed by atoms with Crippen LogP contribution in [0, 0.1) is 5.92 Å². The number of rotatable bonds is 8. The summed E-state index contributed by atoms with van der Waals surface area (Å²) < 4.78 is 5.17. The third kappa shape index (κ3) is 7.81. The quantitative estimate of drug-likeness (QED) is 0.546. The smallest absolute Gasteiger partial charge is 0.338 e. The Morgan fingerprint density at radius 1 is 1.05 bits per heavy atom. The van der Waals surface area contributed by atoms with Crippen LogP contribution in [0.1, 0.15) is 75.3 Å². The van der Waals surface area contributed by atoms with Gasteiger partial charge in [0.15, 0.2) is 0 Å². The maximum Gasteiger partial charge on any atom is 0.338 e. The van der Waals surface area contributed by atoms with Crippen molar-refractivity contribution in [2.45, 2.75) is 65.5 Å². The maximum absolute atomic E-state index is 11.8. The van der Waals surface area contributed by atoms with Crippen molar-refractivity contribution in [1.82, 2.24) is 0 Å². The fourth-order valence-corrected chi connectivity index (χ4v) is 2.23. The van der Waals surface area contributed by atoms with Crippen LogP contribution < -0.4 is 5.73 Å². The van der Waals surface area contributed by atoms with Gasteiger partial charge in [-0.1, -0.05) is 45.2 Å². The Labute approximate surface area is 141 Å². The molecule has 1 aromatic rings. The molecule has 0 saturated carbocycles.